The molecule has 2 N–H and O–H groups in total. The zero-order chi connectivity index (χ0) is 20.2. The third kappa shape index (κ3) is 4.96. The van der Waals surface area contributed by atoms with Crippen molar-refractivity contribution in [1.29, 1.82) is 0 Å². The molecule has 0 bridgehead atoms. The molecule has 0 unspecified atom stereocenters. The van der Waals surface area contributed by atoms with Crippen molar-refractivity contribution in [2.45, 2.75) is 31.8 Å². The smallest absolute Gasteiger partial charge is 0.250 e. The van der Waals surface area contributed by atoms with Crippen LogP contribution in [0.4, 0.5) is 0 Å². The summed E-state index contributed by atoms with van der Waals surface area (Å²) in [6, 6.07) is 7.06. The zero-order valence-corrected chi connectivity index (χ0v) is 17.0. The van der Waals surface area contributed by atoms with Gasteiger partial charge < -0.3 is 9.47 Å². The molecule has 2 aliphatic rings. The molecule has 0 aromatic heterocycles. The van der Waals surface area contributed by atoms with Crippen LogP contribution >= 0.6 is 11.6 Å². The van der Waals surface area contributed by atoms with Crippen molar-refractivity contribution in [1.82, 2.24) is 9.79 Å². The van der Waals surface area contributed by atoms with Crippen LogP contribution in [0.25, 0.3) is 0 Å². The Labute approximate surface area is 169 Å². The van der Waals surface area contributed by atoms with Crippen molar-refractivity contribution < 1.29 is 27.9 Å². The Morgan fingerprint density at radius 2 is 1.86 bits per heavy atom. The number of piperidine rings is 1. The third-order valence-electron chi connectivity index (χ3n) is 5.40. The van der Waals surface area contributed by atoms with E-state index in [-0.39, 0.29) is 24.7 Å². The fourth-order valence-corrected chi connectivity index (χ4v) is 5.89. The summed E-state index contributed by atoms with van der Waals surface area (Å²) in [4.78, 5) is 12.2. The van der Waals surface area contributed by atoms with Gasteiger partial charge in [-0.2, -0.15) is 0 Å². The summed E-state index contributed by atoms with van der Waals surface area (Å²) in [5.74, 6) is -0.301. The molecule has 1 aromatic rings. The minimum atomic E-state index is -3.67. The van der Waals surface area contributed by atoms with E-state index in [1.807, 2.05) is 0 Å². The second-order valence-electron chi connectivity index (χ2n) is 7.26. The predicted molar refractivity (Wildman–Crippen MR) is 103 cm³/mol. The second-order valence-corrected chi connectivity index (χ2v) is 9.67. The van der Waals surface area contributed by atoms with Crippen LogP contribution in [-0.2, 0) is 19.6 Å². The molecule has 2 saturated heterocycles. The zero-order valence-electron chi connectivity index (χ0n) is 15.5. The number of hydroxylamine groups is 1. The molecule has 3 rings (SSSR count). The van der Waals surface area contributed by atoms with Gasteiger partial charge in [-0.15, -0.1) is 0 Å². The highest BCUT2D eigenvalue weighted by Gasteiger charge is 2.45. The van der Waals surface area contributed by atoms with Gasteiger partial charge in [0.2, 0.25) is 10.0 Å². The first-order valence-electron chi connectivity index (χ1n) is 9.27. The highest BCUT2D eigenvalue weighted by molar-refractivity contribution is 7.89. The number of carbonyl (C=O) groups excluding carboxylic acids is 1. The summed E-state index contributed by atoms with van der Waals surface area (Å²) in [5, 5.41) is 9.70. The standard InChI is InChI=1S/C18H25ClN2O6S/c19-14-1-3-15(4-2-14)27-16-5-9-21(10-6-16)28(24,25)13-18(17(22)20-23)7-11-26-12-8-18/h1-4,16,23H,5-13H2,(H,20,22). The Morgan fingerprint density at radius 3 is 2.43 bits per heavy atom. The van der Waals surface area contributed by atoms with Crippen molar-refractivity contribution in [2.75, 3.05) is 32.1 Å². The lowest BCUT2D eigenvalue weighted by atomic mass is 9.81. The van der Waals surface area contributed by atoms with Crippen molar-refractivity contribution in [3.63, 3.8) is 0 Å². The molecule has 156 valence electrons. The summed E-state index contributed by atoms with van der Waals surface area (Å²) < 4.78 is 38.5. The first-order valence-corrected chi connectivity index (χ1v) is 11.3. The number of benzene rings is 1. The number of sulfonamides is 1. The van der Waals surface area contributed by atoms with E-state index >= 15 is 0 Å². The predicted octanol–water partition coefficient (Wildman–Crippen LogP) is 1.82. The molecule has 2 fully saturated rings. The summed E-state index contributed by atoms with van der Waals surface area (Å²) in [6.07, 6.45) is 1.56. The Hall–Kier alpha value is -1.39. The minimum absolute atomic E-state index is 0.0783. The SMILES string of the molecule is O=C(NO)C1(CS(=O)(=O)N2CCC(Oc3ccc(Cl)cc3)CC2)CCOCC1. The lowest BCUT2D eigenvalue weighted by molar-refractivity contribution is -0.143. The Morgan fingerprint density at radius 1 is 1.25 bits per heavy atom. The van der Waals surface area contributed by atoms with Crippen LogP contribution in [0, 0.1) is 5.41 Å². The van der Waals surface area contributed by atoms with Crippen molar-refractivity contribution >= 4 is 27.5 Å². The molecule has 2 aliphatic heterocycles. The highest BCUT2D eigenvalue weighted by Crippen LogP contribution is 2.34. The van der Waals surface area contributed by atoms with Gasteiger partial charge in [-0.3, -0.25) is 10.0 Å². The van der Waals surface area contributed by atoms with E-state index in [0.29, 0.717) is 49.9 Å². The third-order valence-corrected chi connectivity index (χ3v) is 7.72. The molecular formula is C18H25ClN2O6S. The van der Waals surface area contributed by atoms with Gasteiger partial charge in [0, 0.05) is 31.3 Å². The number of nitrogens with zero attached hydrogens (tertiary/aromatic N) is 1. The van der Waals surface area contributed by atoms with E-state index in [2.05, 4.69) is 0 Å². The van der Waals surface area contributed by atoms with E-state index in [0.717, 1.165) is 0 Å². The normalized spacial score (nSPS) is 21.2. The van der Waals surface area contributed by atoms with Gasteiger partial charge in [0.15, 0.2) is 0 Å². The average Bonchev–Trinajstić information content (AvgIpc) is 2.70. The van der Waals surface area contributed by atoms with Gasteiger partial charge in [0.25, 0.3) is 5.91 Å². The maximum atomic E-state index is 12.9. The number of rotatable bonds is 6. The van der Waals surface area contributed by atoms with Gasteiger partial charge in [0.05, 0.1) is 11.2 Å². The fraction of sp³-hybridized carbons (Fsp3) is 0.611. The van der Waals surface area contributed by atoms with Crippen LogP contribution in [0.15, 0.2) is 24.3 Å². The number of halogens is 1. The minimum Gasteiger partial charge on any atom is -0.490 e. The Bertz CT molecular complexity index is 772. The fourth-order valence-electron chi connectivity index (χ4n) is 3.69. The number of hydrogen-bond donors (Lipinski definition) is 2. The van der Waals surface area contributed by atoms with Crippen LogP contribution in [-0.4, -0.2) is 62.0 Å². The summed E-state index contributed by atoms with van der Waals surface area (Å²) >= 11 is 5.87. The summed E-state index contributed by atoms with van der Waals surface area (Å²) in [5.41, 5.74) is 0.468. The van der Waals surface area contributed by atoms with Gasteiger partial charge in [-0.1, -0.05) is 11.6 Å². The molecule has 0 aliphatic carbocycles. The molecule has 28 heavy (non-hydrogen) atoms. The number of nitrogens with one attached hydrogen (secondary N) is 1. The molecule has 1 aromatic carbocycles. The molecule has 0 atom stereocenters. The molecule has 0 spiro atoms. The number of amides is 1. The Kier molecular flexibility index (Phi) is 6.82. The molecule has 8 nitrogen and oxygen atoms in total. The second kappa shape index (κ2) is 8.96. The van der Waals surface area contributed by atoms with E-state index in [9.17, 15) is 13.2 Å². The summed E-state index contributed by atoms with van der Waals surface area (Å²) in [7, 11) is -3.67. The molecular weight excluding hydrogens is 408 g/mol. The molecule has 10 heteroatoms. The van der Waals surface area contributed by atoms with E-state index < -0.39 is 21.3 Å². The highest BCUT2D eigenvalue weighted by atomic mass is 35.5. The van der Waals surface area contributed by atoms with Crippen molar-refractivity contribution in [3.05, 3.63) is 29.3 Å². The first kappa shape index (κ1) is 21.3. The van der Waals surface area contributed by atoms with Gasteiger partial charge >= 0.3 is 0 Å². The Balaban J connectivity index is 1.60. The molecule has 2 heterocycles. The van der Waals surface area contributed by atoms with E-state index in [1.54, 1.807) is 29.7 Å². The van der Waals surface area contributed by atoms with Crippen LogP contribution in [0.3, 0.4) is 0 Å². The van der Waals surface area contributed by atoms with E-state index in [4.69, 9.17) is 26.3 Å². The largest absolute Gasteiger partial charge is 0.490 e. The van der Waals surface area contributed by atoms with Gasteiger partial charge in [-0.25, -0.2) is 18.2 Å². The van der Waals surface area contributed by atoms with E-state index in [1.165, 1.54) is 4.31 Å². The van der Waals surface area contributed by atoms with Crippen LogP contribution in [0.5, 0.6) is 5.75 Å². The maximum Gasteiger partial charge on any atom is 0.250 e. The summed E-state index contributed by atoms with van der Waals surface area (Å²) in [6.45, 7) is 1.24. The molecule has 1 amide bonds. The van der Waals surface area contributed by atoms with Crippen LogP contribution in [0.2, 0.25) is 5.02 Å². The first-order chi connectivity index (χ1) is 13.3. The average molecular weight is 433 g/mol. The monoisotopic (exact) mass is 432 g/mol. The molecule has 0 radical (unpaired) electrons. The number of carbonyl (C=O) groups is 1. The van der Waals surface area contributed by atoms with Crippen molar-refractivity contribution in [2.24, 2.45) is 5.41 Å². The lowest BCUT2D eigenvalue weighted by Gasteiger charge is -2.37. The van der Waals surface area contributed by atoms with Crippen LogP contribution in [0.1, 0.15) is 25.7 Å². The quantitative estimate of drug-likeness (QED) is 0.524. The number of ether oxygens (including phenoxy) is 2. The van der Waals surface area contributed by atoms with Crippen molar-refractivity contribution in [3.8, 4) is 5.75 Å². The molecule has 0 saturated carbocycles. The maximum absolute atomic E-state index is 12.9. The number of hydrogen-bond acceptors (Lipinski definition) is 6. The topological polar surface area (TPSA) is 105 Å². The van der Waals surface area contributed by atoms with Crippen LogP contribution < -0.4 is 10.2 Å². The lowest BCUT2D eigenvalue weighted by Crippen LogP contribution is -2.52. The van der Waals surface area contributed by atoms with Gasteiger partial charge in [0.1, 0.15) is 11.9 Å². The van der Waals surface area contributed by atoms with Gasteiger partial charge in [-0.05, 0) is 49.9 Å².